The van der Waals surface area contributed by atoms with Gasteiger partial charge in [-0.25, -0.2) is 0 Å². The van der Waals surface area contributed by atoms with Gasteiger partial charge in [0, 0.05) is 10.3 Å². The Kier molecular flexibility index (Phi) is 5.98. The van der Waals surface area contributed by atoms with E-state index in [0.29, 0.717) is 18.4 Å². The lowest BCUT2D eigenvalue weighted by atomic mass is 9.52. The van der Waals surface area contributed by atoms with Gasteiger partial charge < -0.3 is 15.9 Å². The van der Waals surface area contributed by atoms with Gasteiger partial charge in [0.05, 0.1) is 17.5 Å². The van der Waals surface area contributed by atoms with E-state index in [2.05, 4.69) is 22.6 Å². The van der Waals surface area contributed by atoms with Crippen molar-refractivity contribution in [1.82, 2.24) is 4.90 Å². The van der Waals surface area contributed by atoms with Gasteiger partial charge in [-0.05, 0) is 56.5 Å². The number of likely N-dealkylation sites (N-methyl/N-ethyl adjacent to an activating group) is 1. The van der Waals surface area contributed by atoms with Gasteiger partial charge >= 0.3 is 0 Å². The van der Waals surface area contributed by atoms with Crippen molar-refractivity contribution >= 4 is 51.6 Å². The SMILES string of the molecule is CN(C)[C@@H]1C(=O)C(C(N)=O)C(=O)[C@@]2(O)C(=O)C3C(=O)c4c(O)ccc(CCI)c4C[C@H]3C[C@@H]12. The molecule has 0 heterocycles. The van der Waals surface area contributed by atoms with Gasteiger partial charge in [0.15, 0.2) is 34.7 Å². The molecule has 4 rings (SSSR count). The molecule has 3 aliphatic carbocycles. The van der Waals surface area contributed by atoms with E-state index in [1.54, 1.807) is 20.2 Å². The number of halogens is 1. The van der Waals surface area contributed by atoms with Crippen LogP contribution >= 0.6 is 22.6 Å². The summed E-state index contributed by atoms with van der Waals surface area (Å²) in [6.45, 7) is 0. The Morgan fingerprint density at radius 2 is 1.88 bits per heavy atom. The van der Waals surface area contributed by atoms with Gasteiger partial charge in [0.25, 0.3) is 0 Å². The number of aryl methyl sites for hydroxylation is 1. The van der Waals surface area contributed by atoms with Crippen molar-refractivity contribution in [2.75, 3.05) is 18.5 Å². The number of Topliss-reactive ketones (excluding diaryl/α,β-unsaturated/α-hetero) is 4. The van der Waals surface area contributed by atoms with Crippen LogP contribution in [0, 0.1) is 23.7 Å². The first kappa shape index (κ1) is 24.0. The van der Waals surface area contributed by atoms with E-state index in [9.17, 15) is 34.2 Å². The summed E-state index contributed by atoms with van der Waals surface area (Å²) >= 11 is 2.22. The van der Waals surface area contributed by atoms with Crippen molar-refractivity contribution in [3.63, 3.8) is 0 Å². The predicted molar refractivity (Wildman–Crippen MR) is 124 cm³/mol. The number of hydrogen-bond acceptors (Lipinski definition) is 8. The standard InChI is InChI=1S/C23H25IN2O7/c1-26(2)17-12-8-10-7-11-9(5-6-24)3-4-13(27)15(11)18(28)14(10)20(30)23(12,33)21(31)16(19(17)29)22(25)32/h3-4,10,12,14,16-17,27,33H,5-8H2,1-2H3,(H2,25,32)/t10-,12-,14?,16?,17-,23-/m0/s1. The Labute approximate surface area is 203 Å². The average molecular weight is 568 g/mol. The lowest BCUT2D eigenvalue weighted by molar-refractivity contribution is -0.181. The van der Waals surface area contributed by atoms with E-state index < -0.39 is 64.4 Å². The van der Waals surface area contributed by atoms with Gasteiger partial charge in [-0.15, -0.1) is 0 Å². The second-order valence-electron chi connectivity index (χ2n) is 9.33. The van der Waals surface area contributed by atoms with Crippen LogP contribution in [0.1, 0.15) is 27.9 Å². The van der Waals surface area contributed by atoms with E-state index in [1.165, 1.54) is 11.0 Å². The summed E-state index contributed by atoms with van der Waals surface area (Å²) < 4.78 is 0.790. The van der Waals surface area contributed by atoms with Crippen molar-refractivity contribution in [2.24, 2.45) is 29.4 Å². The summed E-state index contributed by atoms with van der Waals surface area (Å²) in [5.74, 6) is -10.1. The molecule has 3 aliphatic rings. The Bertz CT molecular complexity index is 1100. The average Bonchev–Trinajstić information content (AvgIpc) is 2.72. The molecule has 4 N–H and O–H groups in total. The number of benzene rings is 1. The molecule has 9 nitrogen and oxygen atoms in total. The number of carbonyl (C=O) groups excluding carboxylic acids is 5. The number of ketones is 4. The number of fused-ring (bicyclic) bond motifs is 3. The van der Waals surface area contributed by atoms with Gasteiger partial charge in [-0.1, -0.05) is 28.7 Å². The molecule has 2 unspecified atom stereocenters. The molecule has 1 aromatic carbocycles. The number of nitrogens with two attached hydrogens (primary N) is 1. The molecule has 0 spiro atoms. The number of hydrogen-bond donors (Lipinski definition) is 3. The maximum Gasteiger partial charge on any atom is 0.235 e. The fourth-order valence-electron chi connectivity index (χ4n) is 6.01. The predicted octanol–water partition coefficient (Wildman–Crippen LogP) is -0.155. The third-order valence-electron chi connectivity index (χ3n) is 7.41. The van der Waals surface area contributed by atoms with Crippen LogP contribution in [-0.2, 0) is 32.0 Å². The van der Waals surface area contributed by atoms with E-state index >= 15 is 0 Å². The molecule has 2 fully saturated rings. The Morgan fingerprint density at radius 1 is 1.21 bits per heavy atom. The van der Waals surface area contributed by atoms with Crippen molar-refractivity contribution in [3.8, 4) is 5.75 Å². The molecule has 0 radical (unpaired) electrons. The number of phenols is 1. The number of amides is 1. The fourth-order valence-corrected chi connectivity index (χ4v) is 6.59. The van der Waals surface area contributed by atoms with Gasteiger partial charge in [0.1, 0.15) is 5.75 Å². The third kappa shape index (κ3) is 3.28. The molecular formula is C23H25IN2O7. The minimum atomic E-state index is -2.69. The molecule has 1 aromatic rings. The normalized spacial score (nSPS) is 33.5. The quantitative estimate of drug-likeness (QED) is 0.257. The molecule has 2 saturated carbocycles. The zero-order valence-corrected chi connectivity index (χ0v) is 20.4. The zero-order chi connectivity index (χ0) is 24.4. The van der Waals surface area contributed by atoms with Crippen LogP contribution in [0.5, 0.6) is 5.75 Å². The number of carbonyl (C=O) groups is 5. The summed E-state index contributed by atoms with van der Waals surface area (Å²) in [4.78, 5) is 66.8. The number of primary amides is 1. The first-order chi connectivity index (χ1) is 15.5. The first-order valence-corrected chi connectivity index (χ1v) is 12.2. The van der Waals surface area contributed by atoms with E-state index in [-0.39, 0.29) is 17.7 Å². The molecule has 176 valence electrons. The maximum atomic E-state index is 13.7. The highest BCUT2D eigenvalue weighted by atomic mass is 127. The van der Waals surface area contributed by atoms with E-state index in [1.807, 2.05) is 0 Å². The number of aliphatic hydroxyl groups is 1. The second kappa shape index (κ2) is 8.24. The summed E-state index contributed by atoms with van der Waals surface area (Å²) in [6, 6.07) is 2.08. The maximum absolute atomic E-state index is 13.7. The first-order valence-electron chi connectivity index (χ1n) is 10.7. The topological polar surface area (TPSA) is 155 Å². The van der Waals surface area contributed by atoms with Crippen LogP contribution < -0.4 is 5.73 Å². The minimum absolute atomic E-state index is 0.0453. The lowest BCUT2D eigenvalue weighted by Crippen LogP contribution is -2.74. The van der Waals surface area contributed by atoms with Crippen molar-refractivity contribution in [3.05, 3.63) is 28.8 Å². The Balaban J connectivity index is 1.87. The number of rotatable bonds is 4. The zero-order valence-electron chi connectivity index (χ0n) is 18.2. The van der Waals surface area contributed by atoms with E-state index in [0.717, 1.165) is 9.99 Å². The van der Waals surface area contributed by atoms with Crippen LogP contribution in [0.15, 0.2) is 12.1 Å². The monoisotopic (exact) mass is 568 g/mol. The largest absolute Gasteiger partial charge is 0.507 e. The number of nitrogens with zero attached hydrogens (tertiary/aromatic N) is 1. The molecule has 0 aliphatic heterocycles. The highest BCUT2D eigenvalue weighted by Crippen LogP contribution is 2.51. The van der Waals surface area contributed by atoms with Crippen LogP contribution in [0.4, 0.5) is 0 Å². The summed E-state index contributed by atoms with van der Waals surface area (Å²) in [7, 11) is 3.12. The highest BCUT2D eigenvalue weighted by molar-refractivity contribution is 14.1. The lowest BCUT2D eigenvalue weighted by Gasteiger charge is -2.52. The van der Waals surface area contributed by atoms with Crippen LogP contribution in [0.25, 0.3) is 0 Å². The van der Waals surface area contributed by atoms with Gasteiger partial charge in [-0.3, -0.25) is 28.9 Å². The third-order valence-corrected chi connectivity index (χ3v) is 7.94. The number of phenolic OH excluding ortho intramolecular Hbond substituents is 1. The van der Waals surface area contributed by atoms with Crippen LogP contribution in [-0.4, -0.2) is 74.3 Å². The smallest absolute Gasteiger partial charge is 0.235 e. The number of alkyl halides is 1. The summed E-state index contributed by atoms with van der Waals surface area (Å²) in [6.07, 6.45) is 1.03. The summed E-state index contributed by atoms with van der Waals surface area (Å²) in [5, 5.41) is 21.9. The van der Waals surface area contributed by atoms with Crippen molar-refractivity contribution < 1.29 is 34.2 Å². The molecule has 10 heteroatoms. The second-order valence-corrected chi connectivity index (χ2v) is 10.4. The van der Waals surface area contributed by atoms with Crippen molar-refractivity contribution in [2.45, 2.75) is 30.9 Å². The summed E-state index contributed by atoms with van der Waals surface area (Å²) in [5.41, 5.74) is 4.22. The minimum Gasteiger partial charge on any atom is -0.507 e. The molecule has 6 atom stereocenters. The van der Waals surface area contributed by atoms with Crippen LogP contribution in [0.2, 0.25) is 0 Å². The van der Waals surface area contributed by atoms with Gasteiger partial charge in [0.2, 0.25) is 5.91 Å². The highest BCUT2D eigenvalue weighted by Gasteiger charge is 2.69. The molecule has 0 bridgehead atoms. The van der Waals surface area contributed by atoms with Gasteiger partial charge in [-0.2, -0.15) is 0 Å². The molecule has 33 heavy (non-hydrogen) atoms. The van der Waals surface area contributed by atoms with Crippen LogP contribution in [0.3, 0.4) is 0 Å². The Morgan fingerprint density at radius 3 is 2.45 bits per heavy atom. The molecule has 1 amide bonds. The van der Waals surface area contributed by atoms with E-state index in [4.69, 9.17) is 5.73 Å². The number of aromatic hydroxyl groups is 1. The molecule has 0 aromatic heterocycles. The Hall–Kier alpha value is -2.18. The van der Waals surface area contributed by atoms with Crippen molar-refractivity contribution in [1.29, 1.82) is 0 Å². The molecule has 0 saturated heterocycles. The fraction of sp³-hybridized carbons (Fsp3) is 0.522. The molecular weight excluding hydrogens is 543 g/mol.